The number of anilines is 1. The van der Waals surface area contributed by atoms with Crippen molar-refractivity contribution in [1.82, 2.24) is 10.2 Å². The van der Waals surface area contributed by atoms with Gasteiger partial charge in [0.25, 0.3) is 0 Å². The summed E-state index contributed by atoms with van der Waals surface area (Å²) in [7, 11) is 1.29. The molecule has 0 radical (unpaired) electrons. The van der Waals surface area contributed by atoms with Crippen LogP contribution in [0.15, 0.2) is 28.7 Å². The number of hydrogen-bond acceptors (Lipinski definition) is 6. The van der Waals surface area contributed by atoms with E-state index in [0.29, 0.717) is 10.6 Å². The van der Waals surface area contributed by atoms with Crippen molar-refractivity contribution in [3.05, 3.63) is 29.3 Å². The molecule has 22 heavy (non-hydrogen) atoms. The maximum Gasteiger partial charge on any atom is 0.325 e. The molecule has 1 aliphatic heterocycles. The van der Waals surface area contributed by atoms with E-state index in [-0.39, 0.29) is 30.8 Å². The van der Waals surface area contributed by atoms with Crippen LogP contribution < -0.4 is 4.90 Å². The van der Waals surface area contributed by atoms with Crippen molar-refractivity contribution in [2.24, 2.45) is 5.92 Å². The smallest absolute Gasteiger partial charge is 0.325 e. The van der Waals surface area contributed by atoms with Crippen molar-refractivity contribution in [2.75, 3.05) is 18.6 Å². The zero-order valence-electron chi connectivity index (χ0n) is 11.7. The highest BCUT2D eigenvalue weighted by Gasteiger charge is 2.38. The van der Waals surface area contributed by atoms with E-state index >= 15 is 0 Å². The number of carbonyl (C=O) groups excluding carboxylic acids is 2. The van der Waals surface area contributed by atoms with E-state index in [1.807, 2.05) is 0 Å². The first-order valence-electron chi connectivity index (χ1n) is 6.56. The average Bonchev–Trinajstić information content (AvgIpc) is 3.14. The van der Waals surface area contributed by atoms with Crippen molar-refractivity contribution < 1.29 is 18.7 Å². The largest absolute Gasteiger partial charge is 0.469 e. The molecule has 3 rings (SSSR count). The number of halogens is 1. The molecule has 0 N–H and O–H groups in total. The number of aromatic nitrogens is 2. The van der Waals surface area contributed by atoms with Crippen LogP contribution in [-0.4, -0.2) is 35.7 Å². The van der Waals surface area contributed by atoms with Crippen molar-refractivity contribution in [3.8, 4) is 11.5 Å². The first-order chi connectivity index (χ1) is 10.6. The van der Waals surface area contributed by atoms with Gasteiger partial charge in [0.2, 0.25) is 11.8 Å². The Bertz CT molecular complexity index is 713. The summed E-state index contributed by atoms with van der Waals surface area (Å²) in [5.41, 5.74) is 0.694. The van der Waals surface area contributed by atoms with Gasteiger partial charge in [-0.25, -0.2) is 0 Å². The molecule has 1 atom stereocenters. The minimum Gasteiger partial charge on any atom is -0.469 e. The van der Waals surface area contributed by atoms with E-state index in [1.54, 1.807) is 24.3 Å². The zero-order chi connectivity index (χ0) is 15.7. The molecule has 1 unspecified atom stereocenters. The van der Waals surface area contributed by atoms with Crippen LogP contribution in [0.2, 0.25) is 5.02 Å². The molecule has 1 aromatic carbocycles. The van der Waals surface area contributed by atoms with Gasteiger partial charge in [-0.1, -0.05) is 16.7 Å². The molecule has 1 fully saturated rings. The van der Waals surface area contributed by atoms with Crippen molar-refractivity contribution >= 4 is 29.5 Å². The Kier molecular flexibility index (Phi) is 3.81. The lowest BCUT2D eigenvalue weighted by Gasteiger charge is -2.09. The van der Waals surface area contributed by atoms with Gasteiger partial charge >= 0.3 is 12.0 Å². The van der Waals surface area contributed by atoms with Crippen molar-refractivity contribution in [2.45, 2.75) is 6.42 Å². The maximum atomic E-state index is 12.0. The molecule has 1 aliphatic rings. The topological polar surface area (TPSA) is 85.5 Å². The third-order valence-electron chi connectivity index (χ3n) is 3.40. The fourth-order valence-electron chi connectivity index (χ4n) is 2.25. The molecule has 1 amide bonds. The van der Waals surface area contributed by atoms with Crippen LogP contribution in [0.1, 0.15) is 6.42 Å². The molecule has 0 bridgehead atoms. The van der Waals surface area contributed by atoms with Crippen LogP contribution >= 0.6 is 11.6 Å². The molecule has 2 heterocycles. The number of amides is 1. The molecule has 1 saturated heterocycles. The van der Waals surface area contributed by atoms with Crippen LogP contribution in [0, 0.1) is 5.92 Å². The summed E-state index contributed by atoms with van der Waals surface area (Å²) in [4.78, 5) is 24.8. The number of methoxy groups -OCH3 is 1. The van der Waals surface area contributed by atoms with Crippen molar-refractivity contribution in [1.29, 1.82) is 0 Å². The molecular weight excluding hydrogens is 310 g/mol. The van der Waals surface area contributed by atoms with Gasteiger partial charge in [0.1, 0.15) is 0 Å². The van der Waals surface area contributed by atoms with E-state index < -0.39 is 11.9 Å². The van der Waals surface area contributed by atoms with Gasteiger partial charge in [0, 0.05) is 23.6 Å². The summed E-state index contributed by atoms with van der Waals surface area (Å²) < 4.78 is 10.2. The number of carbonyl (C=O) groups is 2. The summed E-state index contributed by atoms with van der Waals surface area (Å²) in [6.45, 7) is 0.174. The Balaban J connectivity index is 1.80. The van der Waals surface area contributed by atoms with E-state index in [2.05, 4.69) is 14.9 Å². The zero-order valence-corrected chi connectivity index (χ0v) is 12.4. The summed E-state index contributed by atoms with van der Waals surface area (Å²) in [5, 5.41) is 8.38. The second-order valence-corrected chi connectivity index (χ2v) is 5.26. The highest BCUT2D eigenvalue weighted by molar-refractivity contribution is 6.30. The summed E-state index contributed by atoms with van der Waals surface area (Å²) >= 11 is 5.82. The summed E-state index contributed by atoms with van der Waals surface area (Å²) in [6, 6.07) is 6.96. The molecule has 0 saturated carbocycles. The van der Waals surface area contributed by atoms with E-state index in [4.69, 9.17) is 16.0 Å². The van der Waals surface area contributed by atoms with Gasteiger partial charge in [0.05, 0.1) is 13.0 Å². The Morgan fingerprint density at radius 3 is 2.77 bits per heavy atom. The van der Waals surface area contributed by atoms with Gasteiger partial charge in [-0.2, -0.15) is 0 Å². The van der Waals surface area contributed by atoms with Crippen LogP contribution in [0.25, 0.3) is 11.5 Å². The number of nitrogens with zero attached hydrogens (tertiary/aromatic N) is 3. The molecule has 0 spiro atoms. The average molecular weight is 322 g/mol. The minimum absolute atomic E-state index is 0.0707. The lowest BCUT2D eigenvalue weighted by atomic mass is 10.1. The Morgan fingerprint density at radius 2 is 2.09 bits per heavy atom. The summed E-state index contributed by atoms with van der Waals surface area (Å²) in [6.07, 6.45) is 0.0747. The highest BCUT2D eigenvalue weighted by Crippen LogP contribution is 2.28. The maximum absolute atomic E-state index is 12.0. The van der Waals surface area contributed by atoms with Crippen LogP contribution in [-0.2, 0) is 14.3 Å². The Hall–Kier alpha value is -2.41. The normalized spacial score (nSPS) is 17.8. The number of ether oxygens (including phenoxy) is 1. The number of esters is 1. The quantitative estimate of drug-likeness (QED) is 0.803. The fourth-order valence-corrected chi connectivity index (χ4v) is 2.38. The first kappa shape index (κ1) is 14.5. The second-order valence-electron chi connectivity index (χ2n) is 4.83. The van der Waals surface area contributed by atoms with Crippen LogP contribution in [0.5, 0.6) is 0 Å². The minimum atomic E-state index is -0.511. The lowest BCUT2D eigenvalue weighted by molar-refractivity contribution is -0.145. The molecule has 0 aliphatic carbocycles. The lowest BCUT2D eigenvalue weighted by Crippen LogP contribution is -2.26. The monoisotopic (exact) mass is 321 g/mol. The van der Waals surface area contributed by atoms with Gasteiger partial charge in [-0.3, -0.25) is 14.5 Å². The van der Waals surface area contributed by atoms with Crippen molar-refractivity contribution in [3.63, 3.8) is 0 Å². The molecular formula is C14H12ClN3O4. The SMILES string of the molecule is COC(=O)C1CC(=O)N(c2nnc(-c3ccc(Cl)cc3)o2)C1. The standard InChI is InChI=1S/C14H12ClN3O4/c1-21-13(20)9-6-11(19)18(7-9)14-17-16-12(22-14)8-2-4-10(15)5-3-8/h2-5,9H,6-7H2,1H3. The van der Waals surface area contributed by atoms with E-state index in [9.17, 15) is 9.59 Å². The predicted octanol–water partition coefficient (Wildman–Crippen LogP) is 1.92. The van der Waals surface area contributed by atoms with Gasteiger partial charge < -0.3 is 9.15 Å². The fraction of sp³-hybridized carbons (Fsp3) is 0.286. The molecule has 2 aromatic rings. The van der Waals surface area contributed by atoms with E-state index in [1.165, 1.54) is 12.0 Å². The molecule has 114 valence electrons. The predicted molar refractivity (Wildman–Crippen MR) is 77.2 cm³/mol. The van der Waals surface area contributed by atoms with E-state index in [0.717, 1.165) is 0 Å². The van der Waals surface area contributed by atoms with Gasteiger partial charge in [-0.15, -0.1) is 5.10 Å². The third-order valence-corrected chi connectivity index (χ3v) is 3.65. The third kappa shape index (κ3) is 2.67. The van der Waals surface area contributed by atoms with Gasteiger partial charge in [0.15, 0.2) is 0 Å². The van der Waals surface area contributed by atoms with Crippen LogP contribution in [0.3, 0.4) is 0 Å². The first-order valence-corrected chi connectivity index (χ1v) is 6.94. The molecule has 8 heteroatoms. The number of rotatable bonds is 3. The summed E-state index contributed by atoms with van der Waals surface area (Å²) in [5.74, 6) is -0.903. The Morgan fingerprint density at radius 1 is 1.36 bits per heavy atom. The number of benzene rings is 1. The number of hydrogen-bond donors (Lipinski definition) is 0. The molecule has 7 nitrogen and oxygen atoms in total. The second kappa shape index (κ2) is 5.76. The van der Waals surface area contributed by atoms with Gasteiger partial charge in [-0.05, 0) is 24.3 Å². The Labute approximate surface area is 130 Å². The highest BCUT2D eigenvalue weighted by atomic mass is 35.5. The molecule has 1 aromatic heterocycles. The van der Waals surface area contributed by atoms with Crippen LogP contribution in [0.4, 0.5) is 6.01 Å².